The highest BCUT2D eigenvalue weighted by atomic mass is 32.2. The number of ether oxygens (including phenoxy) is 1. The number of sulfone groups is 1. The predicted octanol–water partition coefficient (Wildman–Crippen LogP) is 3.62. The van der Waals surface area contributed by atoms with E-state index in [1.165, 1.54) is 0 Å². The van der Waals surface area contributed by atoms with Crippen molar-refractivity contribution in [3.05, 3.63) is 53.7 Å². The van der Waals surface area contributed by atoms with Gasteiger partial charge in [0, 0.05) is 18.3 Å². The largest absolute Gasteiger partial charge is 0.474 e. The fraction of sp³-hybridized carbons (Fsp3) is 0.478. The van der Waals surface area contributed by atoms with Crippen LogP contribution in [0.2, 0.25) is 0 Å². The zero-order valence-corrected chi connectivity index (χ0v) is 18.6. The summed E-state index contributed by atoms with van der Waals surface area (Å²) in [5, 5.41) is 2.63. The Labute approximate surface area is 179 Å². The zero-order chi connectivity index (χ0) is 21.7. The van der Waals surface area contributed by atoms with Crippen LogP contribution in [-0.4, -0.2) is 36.7 Å². The molecule has 1 N–H and O–H groups in total. The molecule has 3 rings (SSSR count). The maximum atomic E-state index is 12.4. The molecule has 0 bridgehead atoms. The first-order valence-electron chi connectivity index (χ1n) is 10.5. The lowest BCUT2D eigenvalue weighted by Crippen LogP contribution is -2.40. The molecule has 1 aliphatic rings. The monoisotopic (exact) mass is 430 g/mol. The number of amides is 1. The van der Waals surface area contributed by atoms with E-state index >= 15 is 0 Å². The lowest BCUT2D eigenvalue weighted by Gasteiger charge is -2.29. The molecule has 7 heteroatoms. The van der Waals surface area contributed by atoms with Crippen LogP contribution in [0.15, 0.2) is 47.5 Å². The van der Waals surface area contributed by atoms with Crippen molar-refractivity contribution < 1.29 is 17.9 Å². The van der Waals surface area contributed by atoms with E-state index in [0.29, 0.717) is 10.8 Å². The normalized spacial score (nSPS) is 19.5. The van der Waals surface area contributed by atoms with Gasteiger partial charge in [-0.3, -0.25) is 4.79 Å². The highest BCUT2D eigenvalue weighted by Gasteiger charge is 2.24. The van der Waals surface area contributed by atoms with Gasteiger partial charge in [0.15, 0.2) is 9.84 Å². The predicted molar refractivity (Wildman–Crippen MR) is 116 cm³/mol. The van der Waals surface area contributed by atoms with Gasteiger partial charge in [0.05, 0.1) is 16.6 Å². The molecule has 0 atom stereocenters. The van der Waals surface area contributed by atoms with E-state index in [2.05, 4.69) is 10.3 Å². The molecule has 6 nitrogen and oxygen atoms in total. The second-order valence-electron chi connectivity index (χ2n) is 8.25. The number of nitrogens with one attached hydrogen (secondary N) is 1. The third-order valence-corrected chi connectivity index (χ3v) is 7.62. The molecule has 0 unspecified atom stereocenters. The maximum Gasteiger partial charge on any atom is 0.224 e. The van der Waals surface area contributed by atoms with Crippen molar-refractivity contribution in [2.45, 2.75) is 75.2 Å². The lowest BCUT2D eigenvalue weighted by atomic mass is 9.92. The van der Waals surface area contributed by atoms with Crippen LogP contribution in [0.1, 0.15) is 50.7 Å². The van der Waals surface area contributed by atoms with E-state index in [-0.39, 0.29) is 24.5 Å². The molecule has 30 heavy (non-hydrogen) atoms. The SMILES string of the molecule is Cc1ccc(OC2CCC(NC(=O)Cc3ccc(S(=O)(=O)C(C)C)cc3)CC2)nc1. The summed E-state index contributed by atoms with van der Waals surface area (Å²) in [7, 11) is -3.29. The second kappa shape index (κ2) is 9.60. The molecular formula is C23H30N2O4S. The molecule has 2 aromatic rings. The first kappa shape index (κ1) is 22.3. The molecule has 0 aliphatic heterocycles. The van der Waals surface area contributed by atoms with Crippen molar-refractivity contribution in [3.8, 4) is 5.88 Å². The molecule has 1 amide bonds. The minimum absolute atomic E-state index is 0.0426. The van der Waals surface area contributed by atoms with Crippen LogP contribution in [0.25, 0.3) is 0 Å². The first-order valence-corrected chi connectivity index (χ1v) is 12.0. The van der Waals surface area contributed by atoms with Gasteiger partial charge in [-0.1, -0.05) is 18.2 Å². The van der Waals surface area contributed by atoms with Gasteiger partial charge >= 0.3 is 0 Å². The van der Waals surface area contributed by atoms with Crippen molar-refractivity contribution in [1.82, 2.24) is 10.3 Å². The molecule has 0 spiro atoms. The van der Waals surface area contributed by atoms with Crippen molar-refractivity contribution in [1.29, 1.82) is 0 Å². The van der Waals surface area contributed by atoms with Crippen LogP contribution in [0.5, 0.6) is 5.88 Å². The number of carbonyl (C=O) groups is 1. The van der Waals surface area contributed by atoms with Crippen LogP contribution >= 0.6 is 0 Å². The topological polar surface area (TPSA) is 85.4 Å². The third kappa shape index (κ3) is 5.81. The average molecular weight is 431 g/mol. The van der Waals surface area contributed by atoms with E-state index in [1.54, 1.807) is 44.3 Å². The standard InChI is InChI=1S/C23H30N2O4S/c1-16(2)30(27,28)21-11-5-18(6-12-21)14-22(26)25-19-7-9-20(10-8-19)29-23-13-4-17(3)15-24-23/h4-6,11-13,15-16,19-20H,7-10,14H2,1-3H3,(H,25,26). The molecule has 0 saturated heterocycles. The molecule has 0 radical (unpaired) electrons. The highest BCUT2D eigenvalue weighted by Crippen LogP contribution is 2.23. The number of aryl methyl sites for hydroxylation is 1. The van der Waals surface area contributed by atoms with Crippen LogP contribution < -0.4 is 10.1 Å². The minimum Gasteiger partial charge on any atom is -0.474 e. The summed E-state index contributed by atoms with van der Waals surface area (Å²) in [5.74, 6) is 0.607. The third-order valence-electron chi connectivity index (χ3n) is 5.45. The van der Waals surface area contributed by atoms with Gasteiger partial charge in [0.25, 0.3) is 0 Å². The molecule has 1 heterocycles. The van der Waals surface area contributed by atoms with Gasteiger partial charge < -0.3 is 10.1 Å². The van der Waals surface area contributed by atoms with Crippen LogP contribution in [0, 0.1) is 6.92 Å². The Kier molecular flexibility index (Phi) is 7.13. The number of hydrogen-bond acceptors (Lipinski definition) is 5. The van der Waals surface area contributed by atoms with Gasteiger partial charge in [-0.05, 0) is 69.7 Å². The molecule has 1 aromatic carbocycles. The Morgan fingerprint density at radius 1 is 1.10 bits per heavy atom. The van der Waals surface area contributed by atoms with Gasteiger partial charge in [-0.25, -0.2) is 13.4 Å². The van der Waals surface area contributed by atoms with E-state index in [9.17, 15) is 13.2 Å². The number of carbonyl (C=O) groups excluding carboxylic acids is 1. The number of nitrogens with zero attached hydrogens (tertiary/aromatic N) is 1. The van der Waals surface area contributed by atoms with Gasteiger partial charge in [-0.2, -0.15) is 0 Å². The summed E-state index contributed by atoms with van der Waals surface area (Å²) in [5.41, 5.74) is 1.91. The average Bonchev–Trinajstić information content (AvgIpc) is 2.71. The number of hydrogen-bond donors (Lipinski definition) is 1. The van der Waals surface area contributed by atoms with E-state index in [0.717, 1.165) is 36.8 Å². The fourth-order valence-corrected chi connectivity index (χ4v) is 4.61. The molecule has 162 valence electrons. The van der Waals surface area contributed by atoms with E-state index in [4.69, 9.17) is 4.74 Å². The van der Waals surface area contributed by atoms with E-state index < -0.39 is 15.1 Å². The van der Waals surface area contributed by atoms with E-state index in [1.807, 2.05) is 19.1 Å². The highest BCUT2D eigenvalue weighted by molar-refractivity contribution is 7.92. The summed E-state index contributed by atoms with van der Waals surface area (Å²) >= 11 is 0. The number of benzene rings is 1. The Morgan fingerprint density at radius 2 is 1.77 bits per heavy atom. The summed E-state index contributed by atoms with van der Waals surface area (Å²) in [4.78, 5) is 17.0. The summed E-state index contributed by atoms with van der Waals surface area (Å²) in [6, 6.07) is 10.6. The van der Waals surface area contributed by atoms with Gasteiger partial charge in [0.1, 0.15) is 6.10 Å². The van der Waals surface area contributed by atoms with Gasteiger partial charge in [0.2, 0.25) is 11.8 Å². The van der Waals surface area contributed by atoms with Gasteiger partial charge in [-0.15, -0.1) is 0 Å². The number of pyridine rings is 1. The Morgan fingerprint density at radius 3 is 2.33 bits per heavy atom. The van der Waals surface area contributed by atoms with Crippen molar-refractivity contribution >= 4 is 15.7 Å². The first-order chi connectivity index (χ1) is 14.2. The van der Waals surface area contributed by atoms with Crippen molar-refractivity contribution in [3.63, 3.8) is 0 Å². The van der Waals surface area contributed by atoms with Crippen LogP contribution in [0.3, 0.4) is 0 Å². The maximum absolute atomic E-state index is 12.4. The van der Waals surface area contributed by atoms with Crippen molar-refractivity contribution in [2.75, 3.05) is 0 Å². The Balaban J connectivity index is 1.45. The molecule has 1 saturated carbocycles. The number of aromatic nitrogens is 1. The minimum atomic E-state index is -3.29. The smallest absolute Gasteiger partial charge is 0.224 e. The Hall–Kier alpha value is -2.41. The summed E-state index contributed by atoms with van der Waals surface area (Å²) < 4.78 is 30.3. The Bertz CT molecular complexity index is 946. The fourth-order valence-electron chi connectivity index (χ4n) is 3.55. The molecule has 1 aromatic heterocycles. The molecule has 1 aliphatic carbocycles. The quantitative estimate of drug-likeness (QED) is 0.725. The lowest BCUT2D eigenvalue weighted by molar-refractivity contribution is -0.121. The zero-order valence-electron chi connectivity index (χ0n) is 17.8. The van der Waals surface area contributed by atoms with Crippen LogP contribution in [-0.2, 0) is 21.1 Å². The molecule has 1 fully saturated rings. The van der Waals surface area contributed by atoms with Crippen molar-refractivity contribution in [2.24, 2.45) is 0 Å². The summed E-state index contributed by atoms with van der Waals surface area (Å²) in [6.07, 6.45) is 5.66. The molecular weight excluding hydrogens is 400 g/mol. The number of rotatable bonds is 7. The second-order valence-corrected chi connectivity index (χ2v) is 10.8. The van der Waals surface area contributed by atoms with Crippen LogP contribution in [0.4, 0.5) is 0 Å². The summed E-state index contributed by atoms with van der Waals surface area (Å²) in [6.45, 7) is 5.31.